The molecule has 1 atom stereocenters. The van der Waals surface area contributed by atoms with Crippen molar-refractivity contribution in [3.8, 4) is 0 Å². The van der Waals surface area contributed by atoms with Crippen LogP contribution in [0.4, 0.5) is 5.82 Å². The SMILES string of the molecule is COC(=O)C(NCc1ccc2nc(CC(=O)Nc3cc(=O)n4ccccc4n3)cn2c1)C(C)C. The van der Waals surface area contributed by atoms with Crippen molar-refractivity contribution in [1.29, 1.82) is 0 Å². The number of rotatable bonds is 8. The van der Waals surface area contributed by atoms with Crippen LogP contribution in [0.5, 0.6) is 0 Å². The maximum atomic E-state index is 12.5. The minimum atomic E-state index is -0.403. The number of carbonyl (C=O) groups is 2. The number of hydrogen-bond donors (Lipinski definition) is 2. The van der Waals surface area contributed by atoms with Crippen molar-refractivity contribution >= 4 is 29.0 Å². The third-order valence-corrected chi connectivity index (χ3v) is 5.39. The lowest BCUT2D eigenvalue weighted by Crippen LogP contribution is -2.41. The number of amides is 1. The van der Waals surface area contributed by atoms with Gasteiger partial charge in [-0.05, 0) is 29.7 Å². The number of methoxy groups -OCH3 is 1. The van der Waals surface area contributed by atoms with Crippen LogP contribution in [-0.4, -0.2) is 43.8 Å². The minimum absolute atomic E-state index is 0.0306. The van der Waals surface area contributed by atoms with Crippen LogP contribution in [0.2, 0.25) is 0 Å². The van der Waals surface area contributed by atoms with Crippen molar-refractivity contribution in [3.05, 3.63) is 76.6 Å². The van der Waals surface area contributed by atoms with Crippen molar-refractivity contribution in [2.45, 2.75) is 32.9 Å². The van der Waals surface area contributed by atoms with E-state index in [-0.39, 0.29) is 35.6 Å². The van der Waals surface area contributed by atoms with E-state index in [0.717, 1.165) is 5.56 Å². The molecule has 10 heteroatoms. The number of imidazole rings is 1. The highest BCUT2D eigenvalue weighted by atomic mass is 16.5. The highest BCUT2D eigenvalue weighted by molar-refractivity contribution is 5.91. The van der Waals surface area contributed by atoms with E-state index >= 15 is 0 Å². The molecule has 1 amide bonds. The van der Waals surface area contributed by atoms with Gasteiger partial charge in [0.25, 0.3) is 5.56 Å². The Labute approximate surface area is 195 Å². The van der Waals surface area contributed by atoms with Gasteiger partial charge in [0.15, 0.2) is 0 Å². The molecule has 0 radical (unpaired) electrons. The van der Waals surface area contributed by atoms with Crippen LogP contribution < -0.4 is 16.2 Å². The van der Waals surface area contributed by atoms with Gasteiger partial charge in [0, 0.05) is 31.2 Å². The van der Waals surface area contributed by atoms with Gasteiger partial charge in [0.2, 0.25) is 5.91 Å². The van der Waals surface area contributed by atoms with Crippen LogP contribution in [0, 0.1) is 5.92 Å². The topological polar surface area (TPSA) is 119 Å². The zero-order valence-electron chi connectivity index (χ0n) is 19.2. The largest absolute Gasteiger partial charge is 0.468 e. The molecule has 0 aromatic carbocycles. The van der Waals surface area contributed by atoms with Crippen molar-refractivity contribution in [3.63, 3.8) is 0 Å². The molecule has 34 heavy (non-hydrogen) atoms. The van der Waals surface area contributed by atoms with Crippen LogP contribution in [0.1, 0.15) is 25.1 Å². The second-order valence-electron chi connectivity index (χ2n) is 8.29. The number of esters is 1. The first-order valence-corrected chi connectivity index (χ1v) is 10.9. The van der Waals surface area contributed by atoms with Gasteiger partial charge < -0.3 is 19.8 Å². The van der Waals surface area contributed by atoms with Gasteiger partial charge in [-0.3, -0.25) is 18.8 Å². The van der Waals surface area contributed by atoms with E-state index < -0.39 is 6.04 Å². The summed E-state index contributed by atoms with van der Waals surface area (Å²) in [6.45, 7) is 4.38. The first-order chi connectivity index (χ1) is 16.3. The van der Waals surface area contributed by atoms with Crippen molar-refractivity contribution in [2.24, 2.45) is 5.92 Å². The average Bonchev–Trinajstić information content (AvgIpc) is 3.20. The van der Waals surface area contributed by atoms with Crippen LogP contribution in [0.15, 0.2) is 59.8 Å². The lowest BCUT2D eigenvalue weighted by molar-refractivity contribution is -0.144. The fourth-order valence-corrected chi connectivity index (χ4v) is 3.70. The second-order valence-corrected chi connectivity index (χ2v) is 8.29. The fourth-order valence-electron chi connectivity index (χ4n) is 3.70. The molecule has 0 aliphatic rings. The van der Waals surface area contributed by atoms with E-state index in [1.807, 2.05) is 36.6 Å². The Hall–Kier alpha value is -4.05. The normalized spacial score (nSPS) is 12.2. The van der Waals surface area contributed by atoms with Crippen LogP contribution in [0.3, 0.4) is 0 Å². The number of carbonyl (C=O) groups excluding carboxylic acids is 2. The van der Waals surface area contributed by atoms with Gasteiger partial charge >= 0.3 is 5.97 Å². The standard InChI is InChI=1S/C24H26N6O4/c1-15(2)23(24(33)34-3)25-12-16-7-8-19-26-17(14-29(19)13-16)10-21(31)28-18-11-22(32)30-9-5-4-6-20(30)27-18/h4-9,11,13-15,23,25H,10,12H2,1-3H3,(H,28,31). The Morgan fingerprint density at radius 2 is 1.91 bits per heavy atom. The summed E-state index contributed by atoms with van der Waals surface area (Å²) in [7, 11) is 1.38. The predicted molar refractivity (Wildman–Crippen MR) is 126 cm³/mol. The van der Waals surface area contributed by atoms with Gasteiger partial charge in [-0.1, -0.05) is 26.0 Å². The Balaban J connectivity index is 1.43. The molecule has 0 aliphatic carbocycles. The van der Waals surface area contributed by atoms with Crippen LogP contribution >= 0.6 is 0 Å². The van der Waals surface area contributed by atoms with Crippen LogP contribution in [0.25, 0.3) is 11.3 Å². The number of fused-ring (bicyclic) bond motifs is 2. The monoisotopic (exact) mass is 462 g/mol. The first-order valence-electron chi connectivity index (χ1n) is 10.9. The quantitative estimate of drug-likeness (QED) is 0.383. The molecule has 0 saturated heterocycles. The summed E-state index contributed by atoms with van der Waals surface area (Å²) < 4.78 is 8.10. The summed E-state index contributed by atoms with van der Waals surface area (Å²) in [5, 5.41) is 5.90. The smallest absolute Gasteiger partial charge is 0.323 e. The fraction of sp³-hybridized carbons (Fsp3) is 0.292. The molecule has 1 unspecified atom stereocenters. The van der Waals surface area contributed by atoms with E-state index in [0.29, 0.717) is 23.5 Å². The molecule has 0 saturated carbocycles. The summed E-state index contributed by atoms with van der Waals surface area (Å²) >= 11 is 0. The molecule has 2 N–H and O–H groups in total. The highest BCUT2D eigenvalue weighted by Gasteiger charge is 2.22. The molecule has 10 nitrogen and oxygen atoms in total. The van der Waals surface area contributed by atoms with Crippen molar-refractivity contribution < 1.29 is 14.3 Å². The number of hydrogen-bond acceptors (Lipinski definition) is 7. The lowest BCUT2D eigenvalue weighted by Gasteiger charge is -2.19. The highest BCUT2D eigenvalue weighted by Crippen LogP contribution is 2.11. The molecular weight excluding hydrogens is 436 g/mol. The molecule has 0 aliphatic heterocycles. The summed E-state index contributed by atoms with van der Waals surface area (Å²) in [6, 6.07) is 9.85. The molecule has 0 bridgehead atoms. The van der Waals surface area contributed by atoms with E-state index in [1.165, 1.54) is 17.6 Å². The molecule has 0 spiro atoms. The predicted octanol–water partition coefficient (Wildman–Crippen LogP) is 1.81. The number of anilines is 1. The van der Waals surface area contributed by atoms with Gasteiger partial charge in [0.05, 0.1) is 19.2 Å². The molecular formula is C24H26N6O4. The number of ether oxygens (including phenoxy) is 1. The Bertz CT molecular complexity index is 1410. The lowest BCUT2D eigenvalue weighted by atomic mass is 10.0. The van der Waals surface area contributed by atoms with E-state index in [4.69, 9.17) is 4.74 Å². The Kier molecular flexibility index (Phi) is 6.69. The Morgan fingerprint density at radius 1 is 1.09 bits per heavy atom. The number of aromatic nitrogens is 4. The average molecular weight is 463 g/mol. The van der Waals surface area contributed by atoms with Crippen molar-refractivity contribution in [1.82, 2.24) is 24.1 Å². The van der Waals surface area contributed by atoms with E-state index in [1.54, 1.807) is 30.6 Å². The zero-order valence-corrected chi connectivity index (χ0v) is 19.2. The maximum Gasteiger partial charge on any atom is 0.323 e. The summed E-state index contributed by atoms with van der Waals surface area (Å²) in [5.41, 5.74) is 2.40. The van der Waals surface area contributed by atoms with Gasteiger partial charge in [-0.25, -0.2) is 9.97 Å². The summed E-state index contributed by atoms with van der Waals surface area (Å²) in [6.07, 6.45) is 5.33. The third-order valence-electron chi connectivity index (χ3n) is 5.39. The number of pyridine rings is 2. The van der Waals surface area contributed by atoms with Crippen molar-refractivity contribution in [2.75, 3.05) is 12.4 Å². The van der Waals surface area contributed by atoms with E-state index in [9.17, 15) is 14.4 Å². The van der Waals surface area contributed by atoms with Crippen LogP contribution in [-0.2, 0) is 27.3 Å². The van der Waals surface area contributed by atoms with E-state index in [2.05, 4.69) is 20.6 Å². The third kappa shape index (κ3) is 5.12. The maximum absolute atomic E-state index is 12.5. The van der Waals surface area contributed by atoms with Gasteiger partial charge in [-0.15, -0.1) is 0 Å². The molecule has 4 rings (SSSR count). The second kappa shape index (κ2) is 9.84. The van der Waals surface area contributed by atoms with Gasteiger partial charge in [-0.2, -0.15) is 0 Å². The number of nitrogens with one attached hydrogen (secondary N) is 2. The molecule has 176 valence electrons. The number of nitrogens with zero attached hydrogens (tertiary/aromatic N) is 4. The molecule has 0 fully saturated rings. The molecule has 4 aromatic rings. The first kappa shape index (κ1) is 23.1. The molecule has 4 heterocycles. The Morgan fingerprint density at radius 3 is 2.68 bits per heavy atom. The minimum Gasteiger partial charge on any atom is -0.468 e. The zero-order chi connectivity index (χ0) is 24.2. The summed E-state index contributed by atoms with van der Waals surface area (Å²) in [4.78, 5) is 45.5. The van der Waals surface area contributed by atoms with Gasteiger partial charge in [0.1, 0.15) is 23.2 Å². The summed E-state index contributed by atoms with van der Waals surface area (Å²) in [5.74, 6) is -0.336. The molecule has 4 aromatic heterocycles.